The fraction of sp³-hybridized carbons (Fsp3) is 0.600. The molecule has 0 aliphatic rings. The van der Waals surface area contributed by atoms with Crippen molar-refractivity contribution in [2.75, 3.05) is 13.2 Å². The van der Waals surface area contributed by atoms with Crippen LogP contribution in [0.2, 0.25) is 0 Å². The Morgan fingerprint density at radius 3 is 2.00 bits per heavy atom. The summed E-state index contributed by atoms with van der Waals surface area (Å²) in [5.41, 5.74) is 2.46. The largest absolute Gasteiger partial charge is 0.462 e. The number of rotatable bonds is 6. The highest BCUT2D eigenvalue weighted by Gasteiger charge is 2.29. The lowest BCUT2D eigenvalue weighted by atomic mass is 9.78. The monoisotopic (exact) mass is 334 g/mol. The van der Waals surface area contributed by atoms with Crippen LogP contribution in [0.3, 0.4) is 0 Å². The predicted octanol–water partition coefficient (Wildman–Crippen LogP) is 4.54. The van der Waals surface area contributed by atoms with E-state index in [-0.39, 0.29) is 18.6 Å². The van der Waals surface area contributed by atoms with E-state index < -0.39 is 11.9 Å². The second kappa shape index (κ2) is 8.32. The molecule has 0 aliphatic carbocycles. The van der Waals surface area contributed by atoms with Gasteiger partial charge in [-0.1, -0.05) is 40.7 Å². The van der Waals surface area contributed by atoms with Crippen LogP contribution < -0.4 is 0 Å². The summed E-state index contributed by atoms with van der Waals surface area (Å²) in [4.78, 5) is 25.0. The van der Waals surface area contributed by atoms with Crippen molar-refractivity contribution in [1.29, 1.82) is 0 Å². The Labute approximate surface area is 145 Å². The molecule has 0 atom stereocenters. The molecule has 4 heteroatoms. The van der Waals surface area contributed by atoms with Gasteiger partial charge < -0.3 is 9.47 Å². The van der Waals surface area contributed by atoms with Crippen LogP contribution in [-0.4, -0.2) is 25.2 Å². The fourth-order valence-corrected chi connectivity index (χ4v) is 2.79. The van der Waals surface area contributed by atoms with E-state index in [0.29, 0.717) is 23.5 Å². The third-order valence-electron chi connectivity index (χ3n) is 3.71. The molecule has 24 heavy (non-hydrogen) atoms. The minimum Gasteiger partial charge on any atom is -0.462 e. The first-order valence-electron chi connectivity index (χ1n) is 8.64. The van der Waals surface area contributed by atoms with E-state index in [4.69, 9.17) is 9.47 Å². The first-order valence-corrected chi connectivity index (χ1v) is 8.64. The van der Waals surface area contributed by atoms with Gasteiger partial charge in [-0.2, -0.15) is 0 Å². The van der Waals surface area contributed by atoms with Gasteiger partial charge in [0.25, 0.3) is 0 Å². The molecule has 134 valence electrons. The van der Waals surface area contributed by atoms with Crippen LogP contribution in [0.25, 0.3) is 0 Å². The summed E-state index contributed by atoms with van der Waals surface area (Å²) in [5.74, 6) is -0.593. The van der Waals surface area contributed by atoms with Crippen LogP contribution in [0, 0.1) is 5.92 Å². The molecule has 1 aromatic rings. The summed E-state index contributed by atoms with van der Waals surface area (Å²) in [7, 11) is 0. The van der Waals surface area contributed by atoms with Crippen molar-refractivity contribution >= 4 is 11.9 Å². The fourth-order valence-electron chi connectivity index (χ4n) is 2.79. The maximum atomic E-state index is 12.6. The lowest BCUT2D eigenvalue weighted by Gasteiger charge is -2.26. The van der Waals surface area contributed by atoms with Gasteiger partial charge in [0.15, 0.2) is 0 Å². The Morgan fingerprint density at radius 1 is 1.00 bits per heavy atom. The highest BCUT2D eigenvalue weighted by molar-refractivity contribution is 6.04. The zero-order valence-electron chi connectivity index (χ0n) is 16.0. The maximum absolute atomic E-state index is 12.6. The normalized spacial score (nSPS) is 11.5. The number of benzene rings is 1. The highest BCUT2D eigenvalue weighted by Crippen LogP contribution is 2.32. The Morgan fingerprint density at radius 2 is 1.54 bits per heavy atom. The molecule has 0 aliphatic heterocycles. The minimum absolute atomic E-state index is 0.140. The van der Waals surface area contributed by atoms with E-state index >= 15 is 0 Å². The Balaban J connectivity index is 3.68. The number of carbonyl (C=O) groups is 2. The molecule has 1 rings (SSSR count). The molecule has 0 fully saturated rings. The first-order chi connectivity index (χ1) is 11.1. The van der Waals surface area contributed by atoms with Gasteiger partial charge in [-0.3, -0.25) is 0 Å². The molecule has 0 spiro atoms. The van der Waals surface area contributed by atoms with Gasteiger partial charge >= 0.3 is 11.9 Å². The summed E-state index contributed by atoms with van der Waals surface area (Å²) in [6.45, 7) is 14.5. The molecule has 4 nitrogen and oxygen atoms in total. The molecular weight excluding hydrogens is 304 g/mol. The Hall–Kier alpha value is -1.84. The molecule has 1 aromatic carbocycles. The van der Waals surface area contributed by atoms with Crippen LogP contribution in [0.15, 0.2) is 12.1 Å². The average Bonchev–Trinajstić information content (AvgIpc) is 2.45. The van der Waals surface area contributed by atoms with Crippen LogP contribution in [0.4, 0.5) is 0 Å². The number of ether oxygens (including phenoxy) is 2. The third-order valence-corrected chi connectivity index (χ3v) is 3.71. The lowest BCUT2D eigenvalue weighted by Crippen LogP contribution is -2.23. The lowest BCUT2D eigenvalue weighted by molar-refractivity contribution is 0.0477. The average molecular weight is 334 g/mol. The first kappa shape index (κ1) is 20.2. The second-order valence-electron chi connectivity index (χ2n) is 7.30. The van der Waals surface area contributed by atoms with E-state index in [9.17, 15) is 9.59 Å². The van der Waals surface area contributed by atoms with Crippen molar-refractivity contribution in [3.63, 3.8) is 0 Å². The quantitative estimate of drug-likeness (QED) is 0.717. The minimum atomic E-state index is -0.481. The summed E-state index contributed by atoms with van der Waals surface area (Å²) in [5, 5.41) is 0. The number of hydrogen-bond donors (Lipinski definition) is 0. The molecular formula is C20H30O4. The van der Waals surface area contributed by atoms with Gasteiger partial charge in [0.05, 0.1) is 24.3 Å². The topological polar surface area (TPSA) is 52.6 Å². The van der Waals surface area contributed by atoms with Gasteiger partial charge in [0.2, 0.25) is 0 Å². The van der Waals surface area contributed by atoms with Gasteiger partial charge in [0, 0.05) is 0 Å². The van der Waals surface area contributed by atoms with Crippen molar-refractivity contribution in [3.8, 4) is 0 Å². The van der Waals surface area contributed by atoms with Gasteiger partial charge in [0.1, 0.15) is 0 Å². The molecule has 0 heterocycles. The van der Waals surface area contributed by atoms with Gasteiger partial charge in [-0.15, -0.1) is 0 Å². The summed E-state index contributed by atoms with van der Waals surface area (Å²) < 4.78 is 10.4. The number of carbonyl (C=O) groups excluding carboxylic acids is 2. The SMILES string of the molecule is CCOC(=O)c1ccc(C(C)(C)C)c(CC(C)C)c1C(=O)OCC. The smallest absolute Gasteiger partial charge is 0.339 e. The molecule has 0 bridgehead atoms. The van der Waals surface area contributed by atoms with Crippen LogP contribution >= 0.6 is 0 Å². The standard InChI is InChI=1S/C20H30O4/c1-8-23-18(21)14-10-11-16(20(5,6)7)15(12-13(3)4)17(14)19(22)24-9-2/h10-11,13H,8-9,12H2,1-7H3. The van der Waals surface area contributed by atoms with E-state index in [1.54, 1.807) is 19.9 Å². The summed E-state index contributed by atoms with van der Waals surface area (Å²) in [6.07, 6.45) is 0.702. The second-order valence-corrected chi connectivity index (χ2v) is 7.30. The van der Waals surface area contributed by atoms with Crippen molar-refractivity contribution < 1.29 is 19.1 Å². The third kappa shape index (κ3) is 4.83. The zero-order valence-corrected chi connectivity index (χ0v) is 16.0. The molecule has 0 N–H and O–H groups in total. The molecule has 0 aromatic heterocycles. The maximum Gasteiger partial charge on any atom is 0.339 e. The van der Waals surface area contributed by atoms with Crippen molar-refractivity contribution in [1.82, 2.24) is 0 Å². The van der Waals surface area contributed by atoms with Gasteiger partial charge in [-0.05, 0) is 48.8 Å². The number of esters is 2. The highest BCUT2D eigenvalue weighted by atomic mass is 16.5. The number of hydrogen-bond acceptors (Lipinski definition) is 4. The van der Waals surface area contributed by atoms with Crippen LogP contribution in [-0.2, 0) is 21.3 Å². The predicted molar refractivity (Wildman–Crippen MR) is 95.6 cm³/mol. The van der Waals surface area contributed by atoms with Crippen molar-refractivity contribution in [2.45, 2.75) is 60.3 Å². The van der Waals surface area contributed by atoms with Crippen LogP contribution in [0.5, 0.6) is 0 Å². The summed E-state index contributed by atoms with van der Waals surface area (Å²) in [6, 6.07) is 3.63. The van der Waals surface area contributed by atoms with Crippen molar-refractivity contribution in [2.24, 2.45) is 5.92 Å². The van der Waals surface area contributed by atoms with Crippen molar-refractivity contribution in [3.05, 3.63) is 34.4 Å². The molecule has 0 saturated carbocycles. The zero-order chi connectivity index (χ0) is 18.5. The van der Waals surface area contributed by atoms with E-state index in [2.05, 4.69) is 34.6 Å². The molecule has 0 amide bonds. The molecule has 0 radical (unpaired) electrons. The van der Waals surface area contributed by atoms with E-state index in [0.717, 1.165) is 11.1 Å². The van der Waals surface area contributed by atoms with E-state index in [1.165, 1.54) is 0 Å². The molecule has 0 saturated heterocycles. The van der Waals surface area contributed by atoms with Gasteiger partial charge in [-0.25, -0.2) is 9.59 Å². The Bertz CT molecular complexity index is 594. The van der Waals surface area contributed by atoms with Crippen LogP contribution in [0.1, 0.15) is 80.3 Å². The Kier molecular flexibility index (Phi) is 7.00. The summed E-state index contributed by atoms with van der Waals surface area (Å²) >= 11 is 0. The molecule has 0 unspecified atom stereocenters. The van der Waals surface area contributed by atoms with E-state index in [1.807, 2.05) is 6.07 Å².